The van der Waals surface area contributed by atoms with Gasteiger partial charge >= 0.3 is 0 Å². The van der Waals surface area contributed by atoms with Crippen molar-refractivity contribution in [3.8, 4) is 11.8 Å². The molecule has 6 heteroatoms. The van der Waals surface area contributed by atoms with E-state index in [2.05, 4.69) is 10.6 Å². The van der Waals surface area contributed by atoms with E-state index < -0.39 is 0 Å². The first-order valence-electron chi connectivity index (χ1n) is 9.16. The molecule has 1 aromatic heterocycles. The van der Waals surface area contributed by atoms with Crippen molar-refractivity contribution >= 4 is 34.4 Å². The van der Waals surface area contributed by atoms with Gasteiger partial charge in [-0.25, -0.2) is 4.98 Å². The Balaban J connectivity index is 1.63. The van der Waals surface area contributed by atoms with Gasteiger partial charge in [0, 0.05) is 11.4 Å². The molecule has 0 spiro atoms. The molecule has 0 saturated heterocycles. The molecule has 0 atom stereocenters. The molecule has 0 unspecified atom stereocenters. The van der Waals surface area contributed by atoms with Crippen LogP contribution in [0.25, 0.3) is 16.7 Å². The van der Waals surface area contributed by atoms with Crippen LogP contribution < -0.4 is 4.90 Å². The third kappa shape index (κ3) is 4.00. The van der Waals surface area contributed by atoms with Gasteiger partial charge in [0.25, 0.3) is 0 Å². The molecule has 0 fully saturated rings. The van der Waals surface area contributed by atoms with E-state index in [9.17, 15) is 4.79 Å². The summed E-state index contributed by atoms with van der Waals surface area (Å²) in [6.45, 7) is 0.0124. The molecule has 4 aromatic rings. The molecule has 29 heavy (non-hydrogen) atoms. The van der Waals surface area contributed by atoms with Gasteiger partial charge in [-0.1, -0.05) is 60.3 Å². The molecule has 3 aromatic carbocycles. The second kappa shape index (κ2) is 8.63. The summed E-state index contributed by atoms with van der Waals surface area (Å²) >= 11 is 1.38. The molecule has 0 aliphatic heterocycles. The summed E-state index contributed by atoms with van der Waals surface area (Å²) in [5, 5.41) is 9.90. The maximum atomic E-state index is 12.9. The third-order valence-corrected chi connectivity index (χ3v) is 5.39. The fraction of sp³-hybridized carbons (Fsp3) is 0.0870. The minimum Gasteiger partial charge on any atom is -0.298 e. The second-order valence-electron chi connectivity index (χ2n) is 6.32. The van der Waals surface area contributed by atoms with Crippen molar-refractivity contribution in [3.05, 3.63) is 84.9 Å². The number of carbonyl (C=O) groups is 1. The first kappa shape index (κ1) is 18.8. The van der Waals surface area contributed by atoms with Crippen molar-refractivity contribution in [1.29, 1.82) is 5.26 Å². The molecule has 1 heterocycles. The number of amides is 1. The Morgan fingerprint density at radius 3 is 2.34 bits per heavy atom. The number of hydrogen-bond acceptors (Lipinski definition) is 4. The van der Waals surface area contributed by atoms with E-state index in [4.69, 9.17) is 10.2 Å². The number of aromatic nitrogens is 2. The molecule has 0 N–H and O–H groups in total. The van der Waals surface area contributed by atoms with Gasteiger partial charge in [-0.3, -0.25) is 14.3 Å². The number of rotatable bonds is 6. The van der Waals surface area contributed by atoms with Crippen molar-refractivity contribution in [3.63, 3.8) is 0 Å². The van der Waals surface area contributed by atoms with Crippen LogP contribution in [0, 0.1) is 11.3 Å². The molecule has 0 bridgehead atoms. The highest BCUT2D eigenvalue weighted by atomic mass is 32.2. The highest BCUT2D eigenvalue weighted by Crippen LogP contribution is 2.28. The number of fused-ring (bicyclic) bond motifs is 1. The Labute approximate surface area is 173 Å². The van der Waals surface area contributed by atoms with E-state index in [1.165, 1.54) is 16.7 Å². The van der Waals surface area contributed by atoms with Gasteiger partial charge in [-0.15, -0.1) is 0 Å². The third-order valence-electron chi connectivity index (χ3n) is 4.47. The number of carbonyl (C=O) groups excluding carboxylic acids is 1. The number of anilines is 1. The largest absolute Gasteiger partial charge is 0.298 e. The van der Waals surface area contributed by atoms with Crippen LogP contribution in [-0.2, 0) is 4.79 Å². The molecule has 0 aliphatic carbocycles. The van der Waals surface area contributed by atoms with Crippen molar-refractivity contribution in [2.75, 3.05) is 17.2 Å². The summed E-state index contributed by atoms with van der Waals surface area (Å²) in [5.74, 6) is 0.0571. The van der Waals surface area contributed by atoms with E-state index in [1.807, 2.05) is 84.9 Å². The fourth-order valence-electron chi connectivity index (χ4n) is 3.13. The lowest BCUT2D eigenvalue weighted by Crippen LogP contribution is -2.32. The number of nitrogens with zero attached hydrogens (tertiary/aromatic N) is 4. The first-order chi connectivity index (χ1) is 14.3. The zero-order valence-electron chi connectivity index (χ0n) is 15.6. The molecule has 5 nitrogen and oxygen atoms in total. The topological polar surface area (TPSA) is 61.9 Å². The average molecular weight is 398 g/mol. The van der Waals surface area contributed by atoms with Gasteiger partial charge in [-0.2, -0.15) is 5.26 Å². The maximum Gasteiger partial charge on any atom is 0.238 e. The average Bonchev–Trinajstić information content (AvgIpc) is 3.15. The lowest BCUT2D eigenvalue weighted by molar-refractivity contribution is -0.116. The van der Waals surface area contributed by atoms with Gasteiger partial charge in [0.05, 0.1) is 22.9 Å². The molecular formula is C23H18N4OS. The summed E-state index contributed by atoms with van der Waals surface area (Å²) in [4.78, 5) is 19.1. The highest BCUT2D eigenvalue weighted by Gasteiger charge is 2.18. The van der Waals surface area contributed by atoms with E-state index in [1.54, 1.807) is 0 Å². The monoisotopic (exact) mass is 398 g/mol. The Kier molecular flexibility index (Phi) is 5.59. The zero-order chi connectivity index (χ0) is 20.1. The van der Waals surface area contributed by atoms with Gasteiger partial charge < -0.3 is 0 Å². The summed E-state index contributed by atoms with van der Waals surface area (Å²) in [6, 6.07) is 29.2. The summed E-state index contributed by atoms with van der Waals surface area (Å²) in [5.41, 5.74) is 3.58. The first-order valence-corrected chi connectivity index (χ1v) is 10.1. The molecule has 142 valence electrons. The number of para-hydroxylation sites is 4. The summed E-state index contributed by atoms with van der Waals surface area (Å²) in [7, 11) is 0. The van der Waals surface area contributed by atoms with Crippen molar-refractivity contribution < 1.29 is 4.79 Å². The maximum absolute atomic E-state index is 12.9. The van der Waals surface area contributed by atoms with E-state index in [0.717, 1.165) is 27.6 Å². The van der Waals surface area contributed by atoms with E-state index in [0.29, 0.717) is 0 Å². The van der Waals surface area contributed by atoms with Crippen LogP contribution in [0.15, 0.2) is 90.1 Å². The van der Waals surface area contributed by atoms with Crippen LogP contribution in [-0.4, -0.2) is 27.8 Å². The minimum atomic E-state index is -0.130. The smallest absolute Gasteiger partial charge is 0.238 e. The lowest BCUT2D eigenvalue weighted by atomic mass is 10.3. The Hall–Kier alpha value is -3.56. The van der Waals surface area contributed by atoms with E-state index >= 15 is 0 Å². The predicted molar refractivity (Wildman–Crippen MR) is 116 cm³/mol. The molecular weight excluding hydrogens is 380 g/mol. The van der Waals surface area contributed by atoms with Crippen LogP contribution in [0.1, 0.15) is 0 Å². The Morgan fingerprint density at radius 1 is 0.966 bits per heavy atom. The number of imidazole rings is 1. The standard InChI is InChI=1S/C23H18N4OS/c24-15-16-26(18-9-3-1-4-10-18)22(28)17-29-23-25-20-13-7-8-14-21(20)27(23)19-11-5-2-6-12-19/h1-14H,16-17H2. The van der Waals surface area contributed by atoms with Crippen LogP contribution >= 0.6 is 11.8 Å². The Bertz CT molecular complexity index is 1170. The van der Waals surface area contributed by atoms with Gasteiger partial charge in [0.1, 0.15) is 6.54 Å². The quantitative estimate of drug-likeness (QED) is 0.350. The predicted octanol–water partition coefficient (Wildman–Crippen LogP) is 4.67. The molecule has 0 saturated carbocycles. The van der Waals surface area contributed by atoms with Crippen LogP contribution in [0.2, 0.25) is 0 Å². The van der Waals surface area contributed by atoms with Gasteiger partial charge in [0.15, 0.2) is 5.16 Å². The normalized spacial score (nSPS) is 10.6. The highest BCUT2D eigenvalue weighted by molar-refractivity contribution is 7.99. The van der Waals surface area contributed by atoms with Gasteiger partial charge in [0.2, 0.25) is 5.91 Å². The number of hydrogen-bond donors (Lipinski definition) is 0. The SMILES string of the molecule is N#CCN(C(=O)CSc1nc2ccccc2n1-c1ccccc1)c1ccccc1. The summed E-state index contributed by atoms with van der Waals surface area (Å²) < 4.78 is 2.06. The van der Waals surface area contributed by atoms with Crippen molar-refractivity contribution in [2.45, 2.75) is 5.16 Å². The lowest BCUT2D eigenvalue weighted by Gasteiger charge is -2.19. The number of thioether (sulfide) groups is 1. The molecule has 4 rings (SSSR count). The Morgan fingerprint density at radius 2 is 1.62 bits per heavy atom. The summed E-state index contributed by atoms with van der Waals surface area (Å²) in [6.07, 6.45) is 0. The molecule has 1 amide bonds. The van der Waals surface area contributed by atoms with Crippen LogP contribution in [0.4, 0.5) is 5.69 Å². The van der Waals surface area contributed by atoms with Crippen LogP contribution in [0.3, 0.4) is 0 Å². The fourth-order valence-corrected chi connectivity index (χ4v) is 4.04. The number of benzene rings is 3. The molecule has 0 radical (unpaired) electrons. The molecule has 0 aliphatic rings. The van der Waals surface area contributed by atoms with E-state index in [-0.39, 0.29) is 18.2 Å². The van der Waals surface area contributed by atoms with Crippen molar-refractivity contribution in [2.24, 2.45) is 0 Å². The van der Waals surface area contributed by atoms with Crippen LogP contribution in [0.5, 0.6) is 0 Å². The van der Waals surface area contributed by atoms with Crippen molar-refractivity contribution in [1.82, 2.24) is 9.55 Å². The van der Waals surface area contributed by atoms with Gasteiger partial charge in [-0.05, 0) is 36.4 Å². The number of nitriles is 1. The second-order valence-corrected chi connectivity index (χ2v) is 7.26. The zero-order valence-corrected chi connectivity index (χ0v) is 16.4. The minimum absolute atomic E-state index is 0.0124.